The summed E-state index contributed by atoms with van der Waals surface area (Å²) in [4.78, 5) is 10.6. The molecule has 0 saturated heterocycles. The first-order valence-corrected chi connectivity index (χ1v) is 2.79. The summed E-state index contributed by atoms with van der Waals surface area (Å²) < 4.78 is 8.97. The fraction of sp³-hybridized carbons (Fsp3) is 0.167. The Balaban J connectivity index is 2.96. The zero-order valence-corrected chi connectivity index (χ0v) is 5.48. The molecule has 5 heteroatoms. The van der Waals surface area contributed by atoms with Crippen LogP contribution < -0.4 is 10.2 Å². The Kier molecular flexibility index (Phi) is 2.12. The highest BCUT2D eigenvalue weighted by atomic mass is 16.6. The number of aromatic hydroxyl groups is 1. The van der Waals surface area contributed by atoms with E-state index in [1.165, 1.54) is 0 Å². The first-order valence-electron chi connectivity index (χ1n) is 2.79. The molecule has 0 aliphatic carbocycles. The maximum atomic E-state index is 10.6. The van der Waals surface area contributed by atoms with Crippen molar-refractivity contribution >= 4 is 0 Å². The van der Waals surface area contributed by atoms with Crippen molar-refractivity contribution < 1.29 is 19.4 Å². The molecule has 0 aliphatic rings. The van der Waals surface area contributed by atoms with Gasteiger partial charge in [0.05, 0.1) is 6.07 Å². The van der Waals surface area contributed by atoms with Crippen LogP contribution in [0.2, 0.25) is 0 Å². The second-order valence-corrected chi connectivity index (χ2v) is 1.72. The van der Waals surface area contributed by atoms with E-state index in [9.17, 15) is 4.79 Å². The lowest BCUT2D eigenvalue weighted by Gasteiger charge is -1.97. The molecule has 0 aliphatic heterocycles. The third kappa shape index (κ3) is 1.71. The van der Waals surface area contributed by atoms with Crippen LogP contribution in [0.3, 0.4) is 0 Å². The molecule has 1 rings (SSSR count). The number of ether oxygens (including phenoxy) is 1. The first kappa shape index (κ1) is 7.62. The van der Waals surface area contributed by atoms with Gasteiger partial charge in [0.2, 0.25) is 5.43 Å². The Hall–Kier alpha value is -1.49. The smallest absolute Gasteiger partial charge is 0.290 e. The van der Waals surface area contributed by atoms with Crippen molar-refractivity contribution in [3.63, 3.8) is 0 Å². The summed E-state index contributed by atoms with van der Waals surface area (Å²) in [7, 11) is 0. The second kappa shape index (κ2) is 3.07. The average molecular weight is 158 g/mol. The van der Waals surface area contributed by atoms with Crippen LogP contribution in [-0.4, -0.2) is 17.0 Å². The second-order valence-electron chi connectivity index (χ2n) is 1.72. The molecule has 0 amide bonds. The molecular weight excluding hydrogens is 152 g/mol. The summed E-state index contributed by atoms with van der Waals surface area (Å²) >= 11 is 0. The minimum atomic E-state index is -0.611. The molecule has 0 radical (unpaired) electrons. The standard InChI is InChI=1S/C6H6O5/c7-3-11-6-1-4(8)5(9)2-10-6/h1-2,7,9H,3H2. The minimum Gasteiger partial charge on any atom is -0.502 e. The van der Waals surface area contributed by atoms with E-state index in [0.717, 1.165) is 12.3 Å². The average Bonchev–Trinajstić information content (AvgIpc) is 1.98. The molecule has 1 aromatic heterocycles. The Morgan fingerprint density at radius 3 is 2.91 bits per heavy atom. The molecule has 0 fully saturated rings. The van der Waals surface area contributed by atoms with Crippen molar-refractivity contribution in [2.45, 2.75) is 0 Å². The van der Waals surface area contributed by atoms with E-state index in [-0.39, 0.29) is 5.95 Å². The lowest BCUT2D eigenvalue weighted by Crippen LogP contribution is -2.01. The molecule has 1 heterocycles. The van der Waals surface area contributed by atoms with E-state index in [1.54, 1.807) is 0 Å². The van der Waals surface area contributed by atoms with Crippen LogP contribution in [0.15, 0.2) is 21.5 Å². The van der Waals surface area contributed by atoms with E-state index in [2.05, 4.69) is 9.15 Å². The van der Waals surface area contributed by atoms with Gasteiger partial charge in [-0.2, -0.15) is 0 Å². The van der Waals surface area contributed by atoms with Gasteiger partial charge in [0.1, 0.15) is 6.26 Å². The van der Waals surface area contributed by atoms with E-state index >= 15 is 0 Å². The van der Waals surface area contributed by atoms with Gasteiger partial charge in [0.25, 0.3) is 5.95 Å². The number of hydrogen-bond donors (Lipinski definition) is 2. The van der Waals surface area contributed by atoms with E-state index in [0.29, 0.717) is 0 Å². The molecule has 0 saturated carbocycles. The normalized spacial score (nSPS) is 9.55. The van der Waals surface area contributed by atoms with Gasteiger partial charge in [0, 0.05) is 0 Å². The number of rotatable bonds is 2. The van der Waals surface area contributed by atoms with Crippen molar-refractivity contribution in [1.82, 2.24) is 0 Å². The number of hydrogen-bond acceptors (Lipinski definition) is 5. The molecule has 1 aromatic rings. The van der Waals surface area contributed by atoms with Gasteiger partial charge in [-0.15, -0.1) is 0 Å². The fourth-order valence-electron chi connectivity index (χ4n) is 0.526. The summed E-state index contributed by atoms with van der Waals surface area (Å²) in [5.74, 6) is -0.620. The molecule has 0 spiro atoms. The Morgan fingerprint density at radius 1 is 1.64 bits per heavy atom. The van der Waals surface area contributed by atoms with Crippen LogP contribution in [-0.2, 0) is 0 Å². The SMILES string of the molecule is O=c1cc(OCO)occ1O. The van der Waals surface area contributed by atoms with Gasteiger partial charge in [-0.1, -0.05) is 0 Å². The van der Waals surface area contributed by atoms with Crippen molar-refractivity contribution in [3.05, 3.63) is 22.6 Å². The largest absolute Gasteiger partial charge is 0.502 e. The number of aliphatic hydroxyl groups excluding tert-OH is 1. The molecule has 60 valence electrons. The summed E-state index contributed by atoms with van der Waals surface area (Å²) in [6.07, 6.45) is 0.841. The van der Waals surface area contributed by atoms with Gasteiger partial charge < -0.3 is 19.4 Å². The molecule has 2 N–H and O–H groups in total. The lowest BCUT2D eigenvalue weighted by atomic mass is 10.5. The highest BCUT2D eigenvalue weighted by Crippen LogP contribution is 2.09. The molecule has 0 bridgehead atoms. The third-order valence-electron chi connectivity index (χ3n) is 0.995. The molecule has 11 heavy (non-hydrogen) atoms. The number of aliphatic hydroxyl groups is 1. The summed E-state index contributed by atoms with van der Waals surface area (Å²) in [6, 6.07) is 0.936. The summed E-state index contributed by atoms with van der Waals surface area (Å²) in [5, 5.41) is 16.9. The van der Waals surface area contributed by atoms with Gasteiger partial charge in [-0.05, 0) is 0 Å². The molecule has 0 aromatic carbocycles. The topological polar surface area (TPSA) is 79.9 Å². The van der Waals surface area contributed by atoms with Crippen LogP contribution in [0, 0.1) is 0 Å². The van der Waals surface area contributed by atoms with Crippen LogP contribution >= 0.6 is 0 Å². The predicted molar refractivity (Wildman–Crippen MR) is 34.4 cm³/mol. The summed E-state index contributed by atoms with van der Waals surface area (Å²) in [6.45, 7) is -0.576. The first-order chi connectivity index (χ1) is 5.24. The zero-order chi connectivity index (χ0) is 8.27. The van der Waals surface area contributed by atoms with Crippen LogP contribution in [0.5, 0.6) is 11.7 Å². The summed E-state index contributed by atoms with van der Waals surface area (Å²) in [5.41, 5.74) is -0.611. The van der Waals surface area contributed by atoms with Crippen molar-refractivity contribution in [2.75, 3.05) is 6.79 Å². The Bertz CT molecular complexity index is 289. The lowest BCUT2D eigenvalue weighted by molar-refractivity contribution is 0.0726. The highest BCUT2D eigenvalue weighted by molar-refractivity contribution is 5.17. The van der Waals surface area contributed by atoms with Gasteiger partial charge in [-0.25, -0.2) is 0 Å². The monoisotopic (exact) mass is 158 g/mol. The van der Waals surface area contributed by atoms with Gasteiger partial charge in [-0.3, -0.25) is 4.79 Å². The molecule has 5 nitrogen and oxygen atoms in total. The molecule has 0 unspecified atom stereocenters. The van der Waals surface area contributed by atoms with Crippen molar-refractivity contribution in [3.8, 4) is 11.7 Å². The predicted octanol–water partition coefficient (Wildman–Crippen LogP) is -0.326. The van der Waals surface area contributed by atoms with Crippen LogP contribution in [0.1, 0.15) is 0 Å². The quantitative estimate of drug-likeness (QED) is 0.576. The minimum absolute atomic E-state index is 0.129. The van der Waals surface area contributed by atoms with Gasteiger partial charge in [0.15, 0.2) is 12.5 Å². The third-order valence-corrected chi connectivity index (χ3v) is 0.995. The van der Waals surface area contributed by atoms with Crippen LogP contribution in [0.4, 0.5) is 0 Å². The Morgan fingerprint density at radius 2 is 2.36 bits per heavy atom. The Labute approximate surface area is 61.5 Å². The van der Waals surface area contributed by atoms with E-state index in [4.69, 9.17) is 10.2 Å². The maximum absolute atomic E-state index is 10.6. The van der Waals surface area contributed by atoms with Gasteiger partial charge >= 0.3 is 0 Å². The van der Waals surface area contributed by atoms with Crippen molar-refractivity contribution in [1.29, 1.82) is 0 Å². The van der Waals surface area contributed by atoms with Crippen molar-refractivity contribution in [2.24, 2.45) is 0 Å². The van der Waals surface area contributed by atoms with E-state index in [1.807, 2.05) is 0 Å². The maximum Gasteiger partial charge on any atom is 0.290 e. The highest BCUT2D eigenvalue weighted by Gasteiger charge is 2.00. The molecule has 0 atom stereocenters. The fourth-order valence-corrected chi connectivity index (χ4v) is 0.526. The van der Waals surface area contributed by atoms with Crippen LogP contribution in [0.25, 0.3) is 0 Å². The zero-order valence-electron chi connectivity index (χ0n) is 5.48. The van der Waals surface area contributed by atoms with E-state index < -0.39 is 18.0 Å². The molecular formula is C6H6O5.